The van der Waals surface area contributed by atoms with Gasteiger partial charge >= 0.3 is 0 Å². The minimum Gasteiger partial charge on any atom is -0.484 e. The maximum Gasteiger partial charge on any atom is 0.260 e. The van der Waals surface area contributed by atoms with Crippen LogP contribution in [0.1, 0.15) is 6.42 Å². The van der Waals surface area contributed by atoms with Crippen LogP contribution in [0.2, 0.25) is 0 Å². The van der Waals surface area contributed by atoms with Crippen LogP contribution in [0, 0.1) is 5.82 Å². The lowest BCUT2D eigenvalue weighted by Gasteiger charge is -2.24. The Morgan fingerprint density at radius 2 is 1.88 bits per heavy atom. The maximum absolute atomic E-state index is 12.9. The second kappa shape index (κ2) is 8.53. The van der Waals surface area contributed by atoms with Gasteiger partial charge in [0.2, 0.25) is 5.91 Å². The predicted octanol–water partition coefficient (Wildman–Crippen LogP) is 0.928. The number of ether oxygens (including phenoxy) is 1. The van der Waals surface area contributed by atoms with Crippen LogP contribution in [0.15, 0.2) is 24.3 Å². The molecular formula is C17H22FN3O3S. The summed E-state index contributed by atoms with van der Waals surface area (Å²) >= 11 is 1.73. The van der Waals surface area contributed by atoms with E-state index in [1.165, 1.54) is 24.3 Å². The molecule has 2 aliphatic rings. The molecule has 2 saturated heterocycles. The summed E-state index contributed by atoms with van der Waals surface area (Å²) in [7, 11) is 0. The van der Waals surface area contributed by atoms with Gasteiger partial charge in [-0.05, 0) is 30.7 Å². The van der Waals surface area contributed by atoms with Crippen LogP contribution >= 0.6 is 11.8 Å². The van der Waals surface area contributed by atoms with Gasteiger partial charge in [-0.3, -0.25) is 14.9 Å². The van der Waals surface area contributed by atoms with Gasteiger partial charge in [-0.15, -0.1) is 11.8 Å². The lowest BCUT2D eigenvalue weighted by molar-refractivity contribution is -0.135. The largest absolute Gasteiger partial charge is 0.484 e. The first kappa shape index (κ1) is 18.0. The first-order valence-corrected chi connectivity index (χ1v) is 9.55. The molecule has 0 radical (unpaired) electrons. The Morgan fingerprint density at radius 3 is 2.60 bits per heavy atom. The van der Waals surface area contributed by atoms with E-state index in [-0.39, 0.29) is 30.3 Å². The number of nitrogens with zero attached hydrogens (tertiary/aromatic N) is 2. The first-order valence-electron chi connectivity index (χ1n) is 8.39. The summed E-state index contributed by atoms with van der Waals surface area (Å²) in [4.78, 5) is 28.4. The van der Waals surface area contributed by atoms with E-state index in [0.717, 1.165) is 18.1 Å². The van der Waals surface area contributed by atoms with Crippen LogP contribution in [-0.4, -0.2) is 72.1 Å². The summed E-state index contributed by atoms with van der Waals surface area (Å²) in [6.45, 7) is 2.26. The molecule has 2 heterocycles. The third-order valence-electron chi connectivity index (χ3n) is 4.35. The van der Waals surface area contributed by atoms with Gasteiger partial charge in [0, 0.05) is 37.8 Å². The molecule has 1 unspecified atom stereocenters. The number of hydrogen-bond donors (Lipinski definition) is 1. The second-order valence-corrected chi connectivity index (χ2v) is 7.10. The molecule has 0 spiro atoms. The molecule has 8 heteroatoms. The van der Waals surface area contributed by atoms with Crippen molar-refractivity contribution in [3.05, 3.63) is 30.1 Å². The van der Waals surface area contributed by atoms with Crippen molar-refractivity contribution in [3.63, 3.8) is 0 Å². The van der Waals surface area contributed by atoms with Crippen molar-refractivity contribution in [1.82, 2.24) is 15.1 Å². The number of rotatable bonds is 4. The molecule has 6 nitrogen and oxygen atoms in total. The van der Waals surface area contributed by atoms with E-state index < -0.39 is 0 Å². The van der Waals surface area contributed by atoms with Crippen LogP contribution in [0.3, 0.4) is 0 Å². The average Bonchev–Trinajstić information content (AvgIpc) is 3.05. The van der Waals surface area contributed by atoms with Gasteiger partial charge in [0.25, 0.3) is 5.91 Å². The SMILES string of the molecule is O=C(COc1ccc(F)cc1)N1CCCN(C(=O)C2CSCN2)CC1. The number of halogens is 1. The Kier molecular flexibility index (Phi) is 6.14. The van der Waals surface area contributed by atoms with Crippen LogP contribution < -0.4 is 10.1 Å². The standard InChI is InChI=1S/C17H22FN3O3S/c18-13-2-4-14(5-3-13)24-10-16(22)20-6-1-7-21(9-8-20)17(23)15-11-25-12-19-15/h2-5,15,19H,1,6-12H2. The van der Waals surface area contributed by atoms with E-state index in [9.17, 15) is 14.0 Å². The molecule has 3 rings (SSSR count). The quantitative estimate of drug-likeness (QED) is 0.858. The zero-order valence-corrected chi connectivity index (χ0v) is 14.8. The monoisotopic (exact) mass is 367 g/mol. The normalized spacial score (nSPS) is 21.1. The highest BCUT2D eigenvalue weighted by Crippen LogP contribution is 2.14. The molecule has 2 fully saturated rings. The number of nitrogens with one attached hydrogen (secondary N) is 1. The number of hydrogen-bond acceptors (Lipinski definition) is 5. The fourth-order valence-electron chi connectivity index (χ4n) is 2.93. The minimum absolute atomic E-state index is 0.0829. The van der Waals surface area contributed by atoms with E-state index in [1.807, 2.05) is 4.90 Å². The summed E-state index contributed by atoms with van der Waals surface area (Å²) in [5.74, 6) is 1.76. The molecule has 1 aromatic carbocycles. The average molecular weight is 367 g/mol. The summed E-state index contributed by atoms with van der Waals surface area (Å²) in [5.41, 5.74) is 0. The molecule has 136 valence electrons. The number of thioether (sulfide) groups is 1. The summed E-state index contributed by atoms with van der Waals surface area (Å²) < 4.78 is 18.3. The number of carbonyl (C=O) groups excluding carboxylic acids is 2. The molecule has 0 bridgehead atoms. The van der Waals surface area contributed by atoms with E-state index in [1.54, 1.807) is 16.7 Å². The Labute approximate surface area is 150 Å². The van der Waals surface area contributed by atoms with Gasteiger partial charge in [0.15, 0.2) is 6.61 Å². The van der Waals surface area contributed by atoms with Crippen molar-refractivity contribution in [2.45, 2.75) is 12.5 Å². The molecule has 0 aromatic heterocycles. The smallest absolute Gasteiger partial charge is 0.260 e. The van der Waals surface area contributed by atoms with E-state index >= 15 is 0 Å². The third-order valence-corrected chi connectivity index (χ3v) is 5.29. The van der Waals surface area contributed by atoms with Gasteiger partial charge in [-0.25, -0.2) is 4.39 Å². The molecule has 1 atom stereocenters. The number of amides is 2. The first-order chi connectivity index (χ1) is 12.1. The fraction of sp³-hybridized carbons (Fsp3) is 0.529. The van der Waals surface area contributed by atoms with E-state index in [0.29, 0.717) is 31.9 Å². The van der Waals surface area contributed by atoms with Crippen LogP contribution in [0.25, 0.3) is 0 Å². The minimum atomic E-state index is -0.342. The number of carbonyl (C=O) groups is 2. The summed E-state index contributed by atoms with van der Waals surface area (Å²) in [6, 6.07) is 5.49. The Balaban J connectivity index is 1.47. The van der Waals surface area contributed by atoms with Gasteiger partial charge in [0.1, 0.15) is 11.6 Å². The fourth-order valence-corrected chi connectivity index (χ4v) is 3.86. The van der Waals surface area contributed by atoms with Crippen molar-refractivity contribution >= 4 is 23.6 Å². The highest BCUT2D eigenvalue weighted by Gasteiger charge is 2.29. The lowest BCUT2D eigenvalue weighted by atomic mass is 10.2. The topological polar surface area (TPSA) is 61.9 Å². The van der Waals surface area contributed by atoms with Crippen molar-refractivity contribution in [2.75, 3.05) is 44.4 Å². The number of benzene rings is 1. The maximum atomic E-state index is 12.9. The summed E-state index contributed by atoms with van der Waals surface area (Å²) in [5, 5.41) is 3.19. The lowest BCUT2D eigenvalue weighted by Crippen LogP contribution is -2.46. The molecule has 2 aliphatic heterocycles. The van der Waals surface area contributed by atoms with Crippen molar-refractivity contribution in [2.24, 2.45) is 0 Å². The van der Waals surface area contributed by atoms with E-state index in [2.05, 4.69) is 5.32 Å². The molecule has 0 aliphatic carbocycles. The van der Waals surface area contributed by atoms with Crippen LogP contribution in [0.4, 0.5) is 4.39 Å². The highest BCUT2D eigenvalue weighted by atomic mass is 32.2. The zero-order chi connectivity index (χ0) is 17.6. The van der Waals surface area contributed by atoms with Crippen LogP contribution in [-0.2, 0) is 9.59 Å². The zero-order valence-electron chi connectivity index (χ0n) is 13.9. The van der Waals surface area contributed by atoms with Gasteiger partial charge in [-0.1, -0.05) is 0 Å². The molecule has 0 saturated carbocycles. The predicted molar refractivity (Wildman–Crippen MR) is 93.9 cm³/mol. The van der Waals surface area contributed by atoms with Crippen molar-refractivity contribution < 1.29 is 18.7 Å². The Morgan fingerprint density at radius 1 is 1.16 bits per heavy atom. The Hall–Kier alpha value is -1.80. The van der Waals surface area contributed by atoms with Crippen molar-refractivity contribution in [1.29, 1.82) is 0 Å². The molecule has 25 heavy (non-hydrogen) atoms. The van der Waals surface area contributed by atoms with E-state index in [4.69, 9.17) is 4.74 Å². The molecular weight excluding hydrogens is 345 g/mol. The summed E-state index contributed by atoms with van der Waals surface area (Å²) in [6.07, 6.45) is 0.758. The third kappa shape index (κ3) is 4.85. The molecule has 2 amide bonds. The molecule has 1 N–H and O–H groups in total. The molecule has 1 aromatic rings. The second-order valence-electron chi connectivity index (χ2n) is 6.07. The van der Waals surface area contributed by atoms with Gasteiger partial charge in [0.05, 0.1) is 6.04 Å². The van der Waals surface area contributed by atoms with Crippen molar-refractivity contribution in [3.8, 4) is 5.75 Å². The Bertz CT molecular complexity index is 608. The highest BCUT2D eigenvalue weighted by molar-refractivity contribution is 7.99. The van der Waals surface area contributed by atoms with Gasteiger partial charge in [-0.2, -0.15) is 0 Å². The van der Waals surface area contributed by atoms with Crippen LogP contribution in [0.5, 0.6) is 5.75 Å². The van der Waals surface area contributed by atoms with Gasteiger partial charge < -0.3 is 14.5 Å².